The van der Waals surface area contributed by atoms with E-state index in [4.69, 9.17) is 11.6 Å². The molecule has 2 aromatic rings. The first-order valence-electron chi connectivity index (χ1n) is 9.38. The molecule has 0 aromatic heterocycles. The Morgan fingerprint density at radius 3 is 1.87 bits per heavy atom. The van der Waals surface area contributed by atoms with Crippen molar-refractivity contribution in [3.05, 3.63) is 59.1 Å². The molecule has 8 nitrogen and oxygen atoms in total. The molecule has 11 heteroatoms. The van der Waals surface area contributed by atoms with Crippen molar-refractivity contribution in [1.82, 2.24) is 10.9 Å². The third-order valence-electron chi connectivity index (χ3n) is 5.30. The zero-order valence-corrected chi connectivity index (χ0v) is 19.0. The number of halogens is 1. The largest absolute Gasteiger partial charge is 0.271 e. The van der Waals surface area contributed by atoms with Crippen LogP contribution in [0.5, 0.6) is 0 Å². The van der Waals surface area contributed by atoms with E-state index in [2.05, 4.69) is 10.9 Å². The third kappa shape index (κ3) is 4.60. The molecule has 0 spiro atoms. The van der Waals surface area contributed by atoms with Gasteiger partial charge in [-0.1, -0.05) is 24.4 Å². The van der Waals surface area contributed by atoms with Gasteiger partial charge in [0.2, 0.25) is 0 Å². The van der Waals surface area contributed by atoms with Gasteiger partial charge in [-0.2, -0.15) is 0 Å². The van der Waals surface area contributed by atoms with Gasteiger partial charge in [0, 0.05) is 16.8 Å². The van der Waals surface area contributed by atoms with E-state index in [1.807, 2.05) is 0 Å². The highest BCUT2D eigenvalue weighted by Gasteiger charge is 2.53. The van der Waals surface area contributed by atoms with Crippen molar-refractivity contribution in [3.63, 3.8) is 0 Å². The Labute approximate surface area is 185 Å². The highest BCUT2D eigenvalue weighted by atomic mass is 35.5. The van der Waals surface area contributed by atoms with Crippen molar-refractivity contribution in [2.75, 3.05) is 6.26 Å². The summed E-state index contributed by atoms with van der Waals surface area (Å²) in [5.74, 6) is -1.52. The molecule has 166 valence electrons. The molecule has 0 aliphatic heterocycles. The average molecular weight is 485 g/mol. The van der Waals surface area contributed by atoms with Crippen LogP contribution in [0.3, 0.4) is 0 Å². The van der Waals surface area contributed by atoms with Gasteiger partial charge >= 0.3 is 0 Å². The first kappa shape index (κ1) is 23.2. The molecule has 31 heavy (non-hydrogen) atoms. The van der Waals surface area contributed by atoms with E-state index in [9.17, 15) is 26.4 Å². The summed E-state index contributed by atoms with van der Waals surface area (Å²) in [6.45, 7) is 0. The molecule has 2 amide bonds. The number of carbonyl (C=O) groups is 2. The number of hydrogen-bond donors (Lipinski definition) is 2. The van der Waals surface area contributed by atoms with Crippen LogP contribution in [0.15, 0.2) is 58.3 Å². The summed E-state index contributed by atoms with van der Waals surface area (Å²) < 4.78 is 47.9. The normalized spacial score (nSPS) is 15.9. The van der Waals surface area contributed by atoms with Crippen LogP contribution in [-0.2, 0) is 24.5 Å². The first-order chi connectivity index (χ1) is 14.5. The predicted molar refractivity (Wildman–Crippen MR) is 115 cm³/mol. The summed E-state index contributed by atoms with van der Waals surface area (Å²) in [7, 11) is -7.45. The van der Waals surface area contributed by atoms with Crippen LogP contribution < -0.4 is 10.9 Å². The van der Waals surface area contributed by atoms with Gasteiger partial charge in [0.05, 0.1) is 9.79 Å². The minimum atomic E-state index is -4.04. The van der Waals surface area contributed by atoms with Crippen molar-refractivity contribution in [1.29, 1.82) is 0 Å². The molecule has 2 N–H and O–H groups in total. The summed E-state index contributed by atoms with van der Waals surface area (Å²) in [6.07, 6.45) is 2.41. The van der Waals surface area contributed by atoms with Crippen LogP contribution in [0, 0.1) is 0 Å². The molecule has 0 heterocycles. The molecule has 0 radical (unpaired) electrons. The molecule has 2 aromatic carbocycles. The van der Waals surface area contributed by atoms with Crippen LogP contribution in [0.2, 0.25) is 5.02 Å². The van der Waals surface area contributed by atoms with E-state index < -0.39 is 36.2 Å². The number of sulfone groups is 2. The number of benzene rings is 2. The van der Waals surface area contributed by atoms with Gasteiger partial charge in [-0.15, -0.1) is 0 Å². The molecule has 1 aliphatic rings. The standard InChI is InChI=1S/C20H21ClN2O6S2/c1-30(26,27)16-8-4-14(5-9-16)18(24)22-23-19(25)20(12-2-3-13-20)31(28,29)17-10-6-15(21)7-11-17/h4-11H,2-3,12-13H2,1H3,(H,22,24)(H,23,25). The Hall–Kier alpha value is -2.43. The third-order valence-corrected chi connectivity index (χ3v) is 9.19. The SMILES string of the molecule is CS(=O)(=O)c1ccc(C(=O)NNC(=O)C2(S(=O)(=O)c3ccc(Cl)cc3)CCCC2)cc1. The van der Waals surface area contributed by atoms with Crippen LogP contribution in [-0.4, -0.2) is 39.7 Å². The molecule has 1 saturated carbocycles. The minimum absolute atomic E-state index is 0.0170. The summed E-state index contributed by atoms with van der Waals surface area (Å²) in [6, 6.07) is 10.7. The summed E-state index contributed by atoms with van der Waals surface area (Å²) in [5, 5.41) is 0.373. The number of hydrogen-bond acceptors (Lipinski definition) is 6. The molecule has 1 aliphatic carbocycles. The van der Waals surface area contributed by atoms with Gasteiger partial charge in [0.1, 0.15) is 0 Å². The summed E-state index contributed by atoms with van der Waals surface area (Å²) in [4.78, 5) is 25.3. The smallest absolute Gasteiger partial charge is 0.269 e. The van der Waals surface area contributed by atoms with Gasteiger partial charge in [0.25, 0.3) is 11.8 Å². The van der Waals surface area contributed by atoms with Gasteiger partial charge in [-0.25, -0.2) is 16.8 Å². The number of nitrogens with one attached hydrogen (secondary N) is 2. The lowest BCUT2D eigenvalue weighted by molar-refractivity contribution is -0.124. The quantitative estimate of drug-likeness (QED) is 0.627. The van der Waals surface area contributed by atoms with Gasteiger partial charge in [-0.3, -0.25) is 20.4 Å². The van der Waals surface area contributed by atoms with Crippen LogP contribution in [0.1, 0.15) is 36.0 Å². The molecular weight excluding hydrogens is 464 g/mol. The maximum Gasteiger partial charge on any atom is 0.269 e. The van der Waals surface area contributed by atoms with Crippen molar-refractivity contribution < 1.29 is 26.4 Å². The monoisotopic (exact) mass is 484 g/mol. The Kier molecular flexibility index (Phi) is 6.45. The fraction of sp³-hybridized carbons (Fsp3) is 0.300. The Morgan fingerprint density at radius 1 is 0.839 bits per heavy atom. The topological polar surface area (TPSA) is 126 Å². The van der Waals surface area contributed by atoms with Gasteiger partial charge in [0.15, 0.2) is 24.4 Å². The zero-order valence-electron chi connectivity index (χ0n) is 16.6. The van der Waals surface area contributed by atoms with Gasteiger partial charge < -0.3 is 0 Å². The maximum atomic E-state index is 13.3. The number of hydrazine groups is 1. The second kappa shape index (κ2) is 8.60. The van der Waals surface area contributed by atoms with Crippen molar-refractivity contribution in [3.8, 4) is 0 Å². The summed E-state index contributed by atoms with van der Waals surface area (Å²) >= 11 is 5.84. The molecule has 1 fully saturated rings. The van der Waals surface area contributed by atoms with E-state index in [0.717, 1.165) is 6.26 Å². The highest BCUT2D eigenvalue weighted by molar-refractivity contribution is 7.93. The van der Waals surface area contributed by atoms with Crippen molar-refractivity contribution in [2.24, 2.45) is 0 Å². The van der Waals surface area contributed by atoms with Crippen molar-refractivity contribution in [2.45, 2.75) is 40.2 Å². The summed E-state index contributed by atoms with van der Waals surface area (Å²) in [5.41, 5.74) is 4.56. The van der Waals surface area contributed by atoms with E-state index in [0.29, 0.717) is 17.9 Å². The van der Waals surface area contributed by atoms with Crippen molar-refractivity contribution >= 4 is 43.1 Å². The molecule has 0 unspecified atom stereocenters. The van der Waals surface area contributed by atoms with Gasteiger partial charge in [-0.05, 0) is 61.4 Å². The van der Waals surface area contributed by atoms with E-state index in [1.165, 1.54) is 48.5 Å². The lowest BCUT2D eigenvalue weighted by atomic mass is 10.1. The van der Waals surface area contributed by atoms with Crippen LogP contribution in [0.4, 0.5) is 0 Å². The maximum absolute atomic E-state index is 13.3. The molecular formula is C20H21ClN2O6S2. The van der Waals surface area contributed by atoms with E-state index >= 15 is 0 Å². The predicted octanol–water partition coefficient (Wildman–Crippen LogP) is 2.29. The Balaban J connectivity index is 1.78. The lowest BCUT2D eigenvalue weighted by Gasteiger charge is -2.27. The van der Waals surface area contributed by atoms with E-state index in [-0.39, 0.29) is 28.2 Å². The lowest BCUT2D eigenvalue weighted by Crippen LogP contribution is -2.55. The minimum Gasteiger partial charge on any atom is -0.271 e. The van der Waals surface area contributed by atoms with Crippen LogP contribution in [0.25, 0.3) is 0 Å². The number of carbonyl (C=O) groups excluding carboxylic acids is 2. The molecule has 0 saturated heterocycles. The Morgan fingerprint density at radius 2 is 1.35 bits per heavy atom. The van der Waals surface area contributed by atoms with E-state index in [1.54, 1.807) is 0 Å². The zero-order chi connectivity index (χ0) is 22.9. The Bertz CT molecular complexity index is 1200. The fourth-order valence-electron chi connectivity index (χ4n) is 3.56. The van der Waals surface area contributed by atoms with Crippen LogP contribution >= 0.6 is 11.6 Å². The molecule has 0 atom stereocenters. The molecule has 0 bridgehead atoms. The fourth-order valence-corrected chi connectivity index (χ4v) is 6.38. The molecule has 3 rings (SSSR count). The first-order valence-corrected chi connectivity index (χ1v) is 13.1. The second-order valence-corrected chi connectivity index (χ2v) is 12.1. The number of rotatable bonds is 5. The number of amides is 2. The second-order valence-electron chi connectivity index (χ2n) is 7.36. The average Bonchev–Trinajstić information content (AvgIpc) is 3.23. The highest BCUT2D eigenvalue weighted by Crippen LogP contribution is 2.40.